The van der Waals surface area contributed by atoms with Gasteiger partial charge in [-0.3, -0.25) is 4.79 Å². The van der Waals surface area contributed by atoms with Crippen LogP contribution in [0.1, 0.15) is 16.8 Å². The number of halogens is 2. The minimum absolute atomic E-state index is 0.254. The molecule has 90 valence electrons. The molecule has 1 N–H and O–H groups in total. The number of nitrogens with one attached hydrogen (secondary N) is 1. The number of hydrogen-bond donors (Lipinski definition) is 1. The lowest BCUT2D eigenvalue weighted by Gasteiger charge is -2.05. The van der Waals surface area contributed by atoms with Crippen LogP contribution in [0.2, 0.25) is 0 Å². The smallest absolute Gasteiger partial charge is 0.252 e. The molecule has 0 aromatic heterocycles. The van der Waals surface area contributed by atoms with Crippen molar-refractivity contribution >= 4 is 28.5 Å². The number of carbonyl (C=O) groups excluding carboxylic acids is 1. The predicted octanol–water partition coefficient (Wildman–Crippen LogP) is 2.86. The van der Waals surface area contributed by atoms with E-state index in [0.717, 1.165) is 0 Å². The Morgan fingerprint density at radius 3 is 3.00 bits per heavy atom. The van der Waals surface area contributed by atoms with Gasteiger partial charge in [-0.25, -0.2) is 4.39 Å². The highest BCUT2D eigenvalue weighted by Crippen LogP contribution is 2.13. The lowest BCUT2D eigenvalue weighted by atomic mass is 10.2. The van der Waals surface area contributed by atoms with Crippen LogP contribution >= 0.6 is 22.6 Å². The summed E-state index contributed by atoms with van der Waals surface area (Å²) >= 11 is 1.91. The molecule has 0 fully saturated rings. The van der Waals surface area contributed by atoms with Crippen molar-refractivity contribution < 1.29 is 9.18 Å². The van der Waals surface area contributed by atoms with Gasteiger partial charge in [0.2, 0.25) is 0 Å². The van der Waals surface area contributed by atoms with E-state index in [-0.39, 0.29) is 11.7 Å². The van der Waals surface area contributed by atoms with Crippen LogP contribution < -0.4 is 5.32 Å². The van der Waals surface area contributed by atoms with Gasteiger partial charge < -0.3 is 5.32 Å². The van der Waals surface area contributed by atoms with Crippen LogP contribution in [0.3, 0.4) is 0 Å². The molecule has 0 heterocycles. The normalized spacial score (nSPS) is 9.53. The van der Waals surface area contributed by atoms with Crippen LogP contribution in [-0.4, -0.2) is 19.0 Å². The standard InChI is InChI=1S/C10H10FIN4O/c11-7-2-3-8(9(12)6-7)10(17)14-4-1-5-15-16-13/h2-3,6H,1,4-5H2,(H,14,17). The number of nitrogens with zero attached hydrogens (tertiary/aromatic N) is 3. The lowest BCUT2D eigenvalue weighted by molar-refractivity contribution is 0.0952. The molecule has 0 radical (unpaired) electrons. The van der Waals surface area contributed by atoms with Crippen LogP contribution in [0.25, 0.3) is 10.4 Å². The van der Waals surface area contributed by atoms with E-state index in [9.17, 15) is 9.18 Å². The minimum atomic E-state index is -0.366. The molecule has 0 saturated heterocycles. The molecule has 1 aromatic carbocycles. The van der Waals surface area contributed by atoms with Gasteiger partial charge in [-0.1, -0.05) is 5.11 Å². The van der Waals surface area contributed by atoms with Crippen LogP contribution in [0.4, 0.5) is 4.39 Å². The molecule has 1 rings (SSSR count). The van der Waals surface area contributed by atoms with Crippen molar-refractivity contribution in [2.75, 3.05) is 13.1 Å². The van der Waals surface area contributed by atoms with E-state index in [4.69, 9.17) is 5.53 Å². The van der Waals surface area contributed by atoms with Gasteiger partial charge in [-0.2, -0.15) is 0 Å². The molecule has 0 saturated carbocycles. The Morgan fingerprint density at radius 1 is 1.59 bits per heavy atom. The fraction of sp³-hybridized carbons (Fsp3) is 0.300. The molecule has 7 heteroatoms. The maximum Gasteiger partial charge on any atom is 0.252 e. The predicted molar refractivity (Wildman–Crippen MR) is 70.1 cm³/mol. The van der Waals surface area contributed by atoms with E-state index >= 15 is 0 Å². The van der Waals surface area contributed by atoms with Crippen molar-refractivity contribution in [1.82, 2.24) is 5.32 Å². The number of carbonyl (C=O) groups is 1. The summed E-state index contributed by atoms with van der Waals surface area (Å²) in [6, 6.07) is 3.99. The van der Waals surface area contributed by atoms with Gasteiger partial charge in [0.05, 0.1) is 5.56 Å². The van der Waals surface area contributed by atoms with Gasteiger partial charge in [-0.05, 0) is 52.7 Å². The summed E-state index contributed by atoms with van der Waals surface area (Å²) in [7, 11) is 0. The van der Waals surface area contributed by atoms with Gasteiger partial charge in [0.1, 0.15) is 5.82 Å². The van der Waals surface area contributed by atoms with Crippen LogP contribution in [0, 0.1) is 9.39 Å². The lowest BCUT2D eigenvalue weighted by Crippen LogP contribution is -2.25. The average molecular weight is 348 g/mol. The van der Waals surface area contributed by atoms with Crippen molar-refractivity contribution in [3.05, 3.63) is 43.6 Å². The second kappa shape index (κ2) is 7.08. The largest absolute Gasteiger partial charge is 0.352 e. The first-order valence-corrected chi connectivity index (χ1v) is 5.97. The summed E-state index contributed by atoms with van der Waals surface area (Å²) in [5.41, 5.74) is 8.49. The Kier molecular flexibility index (Phi) is 5.71. The van der Waals surface area contributed by atoms with Gasteiger partial charge in [0.25, 0.3) is 5.91 Å². The zero-order valence-corrected chi connectivity index (χ0v) is 11.0. The third-order valence-corrected chi connectivity index (χ3v) is 2.85. The second-order valence-electron chi connectivity index (χ2n) is 3.19. The minimum Gasteiger partial charge on any atom is -0.352 e. The Morgan fingerprint density at radius 2 is 2.35 bits per heavy atom. The van der Waals surface area contributed by atoms with Crippen LogP contribution in [0.15, 0.2) is 23.3 Å². The van der Waals surface area contributed by atoms with E-state index in [1.165, 1.54) is 18.2 Å². The van der Waals surface area contributed by atoms with Gasteiger partial charge in [0, 0.05) is 21.6 Å². The van der Waals surface area contributed by atoms with Crippen molar-refractivity contribution in [2.45, 2.75) is 6.42 Å². The monoisotopic (exact) mass is 348 g/mol. The van der Waals surface area contributed by atoms with E-state index < -0.39 is 0 Å². The molecule has 0 unspecified atom stereocenters. The molecule has 17 heavy (non-hydrogen) atoms. The average Bonchev–Trinajstić information content (AvgIpc) is 2.28. The molecule has 0 atom stereocenters. The molecule has 1 amide bonds. The summed E-state index contributed by atoms with van der Waals surface area (Å²) in [5.74, 6) is -0.621. The van der Waals surface area contributed by atoms with Gasteiger partial charge >= 0.3 is 0 Å². The van der Waals surface area contributed by atoms with E-state index in [1.807, 2.05) is 22.6 Å². The third kappa shape index (κ3) is 4.58. The zero-order valence-electron chi connectivity index (χ0n) is 8.86. The Balaban J connectivity index is 2.49. The van der Waals surface area contributed by atoms with E-state index in [2.05, 4.69) is 15.3 Å². The number of rotatable bonds is 5. The Labute approximate surface area is 111 Å². The van der Waals surface area contributed by atoms with E-state index in [0.29, 0.717) is 28.6 Å². The second-order valence-corrected chi connectivity index (χ2v) is 4.35. The summed E-state index contributed by atoms with van der Waals surface area (Å²) < 4.78 is 13.4. The summed E-state index contributed by atoms with van der Waals surface area (Å²) in [4.78, 5) is 14.3. The van der Waals surface area contributed by atoms with Crippen molar-refractivity contribution in [2.24, 2.45) is 5.11 Å². The third-order valence-electron chi connectivity index (χ3n) is 1.96. The topological polar surface area (TPSA) is 77.9 Å². The first kappa shape index (κ1) is 13.7. The molecule has 0 aliphatic carbocycles. The van der Waals surface area contributed by atoms with Crippen molar-refractivity contribution in [1.29, 1.82) is 0 Å². The summed E-state index contributed by atoms with van der Waals surface area (Å²) in [6.45, 7) is 0.766. The molecule has 5 nitrogen and oxygen atoms in total. The highest BCUT2D eigenvalue weighted by Gasteiger charge is 2.09. The first-order chi connectivity index (χ1) is 8.15. The number of benzene rings is 1. The summed E-state index contributed by atoms with van der Waals surface area (Å²) in [5, 5.41) is 6.02. The molecule has 1 aromatic rings. The van der Waals surface area contributed by atoms with Crippen LogP contribution in [0.5, 0.6) is 0 Å². The number of hydrogen-bond acceptors (Lipinski definition) is 2. The number of amides is 1. The van der Waals surface area contributed by atoms with Gasteiger partial charge in [0.15, 0.2) is 0 Å². The molecule has 0 spiro atoms. The van der Waals surface area contributed by atoms with Crippen molar-refractivity contribution in [3.63, 3.8) is 0 Å². The molecular formula is C10H10FIN4O. The highest BCUT2D eigenvalue weighted by atomic mass is 127. The molecule has 0 bridgehead atoms. The molecule has 0 aliphatic rings. The molecular weight excluding hydrogens is 338 g/mol. The van der Waals surface area contributed by atoms with E-state index in [1.54, 1.807) is 0 Å². The Hall–Kier alpha value is -1.34. The highest BCUT2D eigenvalue weighted by molar-refractivity contribution is 14.1. The maximum atomic E-state index is 12.8. The fourth-order valence-corrected chi connectivity index (χ4v) is 1.89. The van der Waals surface area contributed by atoms with Gasteiger partial charge in [-0.15, -0.1) is 0 Å². The van der Waals surface area contributed by atoms with Crippen molar-refractivity contribution in [3.8, 4) is 0 Å². The summed E-state index contributed by atoms with van der Waals surface area (Å²) in [6.07, 6.45) is 0.577. The SMILES string of the molecule is [N-]=[N+]=NCCCNC(=O)c1ccc(F)cc1I. The number of azide groups is 1. The fourth-order valence-electron chi connectivity index (χ4n) is 1.17. The van der Waals surface area contributed by atoms with Crippen LogP contribution in [-0.2, 0) is 0 Å². The Bertz CT molecular complexity index is 460. The zero-order chi connectivity index (χ0) is 12.7. The molecule has 0 aliphatic heterocycles. The quantitative estimate of drug-likeness (QED) is 0.287. The first-order valence-electron chi connectivity index (χ1n) is 4.89. The maximum absolute atomic E-state index is 12.8.